The smallest absolute Gasteiger partial charge is 0.337 e. The number of furan rings is 1. The van der Waals surface area contributed by atoms with Gasteiger partial charge in [-0.1, -0.05) is 42.5 Å². The Hall–Kier alpha value is -4.70. The lowest BCUT2D eigenvalue weighted by Gasteiger charge is -2.27. The molecule has 0 unspecified atom stereocenters. The Bertz CT molecular complexity index is 1390. The lowest BCUT2D eigenvalue weighted by molar-refractivity contribution is -0.140. The number of carbonyl (C=O) groups is 3. The zero-order valence-electron chi connectivity index (χ0n) is 19.3. The molecule has 2 aromatic carbocycles. The fourth-order valence-electron chi connectivity index (χ4n) is 3.83. The van der Waals surface area contributed by atoms with Gasteiger partial charge in [0.1, 0.15) is 23.2 Å². The molecule has 35 heavy (non-hydrogen) atoms. The third kappa shape index (κ3) is 4.82. The summed E-state index contributed by atoms with van der Waals surface area (Å²) in [6, 6.07) is 21.6. The van der Waals surface area contributed by atoms with E-state index in [0.717, 1.165) is 16.0 Å². The topological polar surface area (TPSA) is 101 Å². The van der Waals surface area contributed by atoms with Crippen molar-refractivity contribution < 1.29 is 23.5 Å². The number of benzene rings is 2. The number of nitriles is 1. The quantitative estimate of drug-likeness (QED) is 0.300. The summed E-state index contributed by atoms with van der Waals surface area (Å²) < 4.78 is 10.6. The van der Waals surface area contributed by atoms with Crippen molar-refractivity contribution in [3.05, 3.63) is 100 Å². The highest BCUT2D eigenvalue weighted by Gasteiger charge is 2.35. The van der Waals surface area contributed by atoms with E-state index < -0.39 is 17.8 Å². The van der Waals surface area contributed by atoms with Crippen molar-refractivity contribution in [2.24, 2.45) is 0 Å². The van der Waals surface area contributed by atoms with Crippen molar-refractivity contribution in [3.63, 3.8) is 0 Å². The largest absolute Gasteiger partial charge is 0.465 e. The Balaban J connectivity index is 1.61. The second kappa shape index (κ2) is 10.1. The van der Waals surface area contributed by atoms with Gasteiger partial charge in [-0.25, -0.2) is 4.79 Å². The van der Waals surface area contributed by atoms with Crippen molar-refractivity contribution in [1.29, 1.82) is 5.26 Å². The summed E-state index contributed by atoms with van der Waals surface area (Å²) in [6.07, 6.45) is 2.03. The fourth-order valence-corrected chi connectivity index (χ4v) is 3.83. The van der Waals surface area contributed by atoms with Crippen LogP contribution in [0.2, 0.25) is 0 Å². The molecular formula is C28H22N2O5. The van der Waals surface area contributed by atoms with E-state index >= 15 is 0 Å². The number of carbonyl (C=O) groups excluding carboxylic acids is 3. The average molecular weight is 466 g/mol. The molecule has 0 aliphatic carbocycles. The van der Waals surface area contributed by atoms with Gasteiger partial charge < -0.3 is 9.15 Å². The van der Waals surface area contributed by atoms with Gasteiger partial charge in [0.05, 0.1) is 12.7 Å². The molecule has 1 aliphatic rings. The lowest BCUT2D eigenvalue weighted by atomic mass is 9.94. The number of esters is 1. The van der Waals surface area contributed by atoms with Crippen molar-refractivity contribution in [3.8, 4) is 17.4 Å². The molecule has 174 valence electrons. The number of hydrogen-bond acceptors (Lipinski definition) is 6. The van der Waals surface area contributed by atoms with Crippen LogP contribution in [0.4, 0.5) is 0 Å². The minimum atomic E-state index is -0.589. The van der Waals surface area contributed by atoms with E-state index in [1.807, 2.05) is 36.4 Å². The Morgan fingerprint density at radius 2 is 1.74 bits per heavy atom. The maximum Gasteiger partial charge on any atom is 0.337 e. The first-order valence-electron chi connectivity index (χ1n) is 10.9. The molecule has 0 saturated carbocycles. The summed E-state index contributed by atoms with van der Waals surface area (Å²) in [5.74, 6) is -0.555. The molecule has 0 spiro atoms. The van der Waals surface area contributed by atoms with Crippen molar-refractivity contribution in [2.75, 3.05) is 13.7 Å². The zero-order valence-corrected chi connectivity index (χ0v) is 19.3. The third-order valence-corrected chi connectivity index (χ3v) is 5.80. The summed E-state index contributed by atoms with van der Waals surface area (Å²) in [5, 5.41) is 9.59. The molecule has 2 heterocycles. The van der Waals surface area contributed by atoms with Gasteiger partial charge in [-0.15, -0.1) is 0 Å². The van der Waals surface area contributed by atoms with E-state index in [1.165, 1.54) is 7.11 Å². The van der Waals surface area contributed by atoms with Crippen molar-refractivity contribution >= 4 is 23.9 Å². The molecule has 1 aromatic heterocycles. The zero-order chi connectivity index (χ0) is 24.9. The summed E-state index contributed by atoms with van der Waals surface area (Å²) >= 11 is 0. The molecule has 0 bridgehead atoms. The van der Waals surface area contributed by atoms with E-state index in [2.05, 4.69) is 0 Å². The van der Waals surface area contributed by atoms with E-state index in [9.17, 15) is 19.6 Å². The lowest BCUT2D eigenvalue weighted by Crippen LogP contribution is -2.43. The molecule has 0 N–H and O–H groups in total. The van der Waals surface area contributed by atoms with Crippen LogP contribution in [0.3, 0.4) is 0 Å². The monoisotopic (exact) mass is 466 g/mol. The number of ether oxygens (including phenoxy) is 1. The minimum Gasteiger partial charge on any atom is -0.465 e. The van der Waals surface area contributed by atoms with Gasteiger partial charge in [0.25, 0.3) is 11.8 Å². The summed E-state index contributed by atoms with van der Waals surface area (Å²) in [5.41, 5.74) is 2.63. The van der Waals surface area contributed by atoms with Crippen molar-refractivity contribution in [1.82, 2.24) is 4.90 Å². The highest BCUT2D eigenvalue weighted by atomic mass is 16.5. The molecule has 0 radical (unpaired) electrons. The van der Waals surface area contributed by atoms with Crippen LogP contribution in [-0.4, -0.2) is 36.3 Å². The van der Waals surface area contributed by atoms with Crippen LogP contribution in [0.25, 0.3) is 17.4 Å². The number of methoxy groups -OCH3 is 1. The molecule has 3 aromatic rings. The maximum atomic E-state index is 13.2. The second-order valence-corrected chi connectivity index (χ2v) is 7.94. The molecule has 4 rings (SSSR count). The number of imide groups is 1. The van der Waals surface area contributed by atoms with Crippen LogP contribution in [-0.2, 0) is 20.7 Å². The van der Waals surface area contributed by atoms with E-state index in [4.69, 9.17) is 9.15 Å². The maximum absolute atomic E-state index is 13.2. The second-order valence-electron chi connectivity index (χ2n) is 7.94. The molecule has 1 aliphatic heterocycles. The van der Waals surface area contributed by atoms with Gasteiger partial charge in [-0.05, 0) is 54.8 Å². The van der Waals surface area contributed by atoms with Crippen LogP contribution >= 0.6 is 0 Å². The Morgan fingerprint density at radius 1 is 1.03 bits per heavy atom. The highest BCUT2D eigenvalue weighted by molar-refractivity contribution is 6.19. The number of amides is 2. The standard InChI is InChI=1S/C28H22N2O5/c1-18-23(16-22-12-13-25(35-22)20-8-10-21(11-9-20)28(33)34-2)26(31)30(27(32)24(18)17-29)15-14-19-6-4-3-5-7-19/h3-13,16H,14-15H2,1-2H3/b23-16+. The van der Waals surface area contributed by atoms with Gasteiger partial charge >= 0.3 is 5.97 Å². The number of hydrogen-bond donors (Lipinski definition) is 0. The van der Waals surface area contributed by atoms with Crippen LogP contribution < -0.4 is 0 Å². The minimum absolute atomic E-state index is 0.0610. The summed E-state index contributed by atoms with van der Waals surface area (Å²) in [4.78, 5) is 38.8. The molecule has 0 fully saturated rings. The molecular weight excluding hydrogens is 444 g/mol. The number of rotatable bonds is 6. The first-order chi connectivity index (χ1) is 16.9. The SMILES string of the molecule is COC(=O)c1ccc(-c2ccc(/C=C3/C(=O)N(CCc4ccccc4)C(=O)C(C#N)=C3C)o2)cc1. The van der Waals surface area contributed by atoms with E-state index in [1.54, 1.807) is 49.4 Å². The van der Waals surface area contributed by atoms with Gasteiger partial charge in [-0.2, -0.15) is 5.26 Å². The fraction of sp³-hybridized carbons (Fsp3) is 0.143. The Kier molecular flexibility index (Phi) is 6.74. The van der Waals surface area contributed by atoms with Crippen LogP contribution in [0.1, 0.15) is 28.6 Å². The van der Waals surface area contributed by atoms with Crippen molar-refractivity contribution in [2.45, 2.75) is 13.3 Å². The Labute approximate surface area is 202 Å². The molecule has 7 nitrogen and oxygen atoms in total. The predicted octanol–water partition coefficient (Wildman–Crippen LogP) is 4.57. The third-order valence-electron chi connectivity index (χ3n) is 5.80. The van der Waals surface area contributed by atoms with Crippen LogP contribution in [0.5, 0.6) is 0 Å². The first kappa shape index (κ1) is 23.5. The number of nitrogens with zero attached hydrogens (tertiary/aromatic N) is 2. The van der Waals surface area contributed by atoms with Gasteiger partial charge in [-0.3, -0.25) is 14.5 Å². The summed E-state index contributed by atoms with van der Waals surface area (Å²) in [6.45, 7) is 1.75. The molecule has 0 atom stereocenters. The highest BCUT2D eigenvalue weighted by Crippen LogP contribution is 2.29. The molecule has 2 amide bonds. The van der Waals surface area contributed by atoms with Crippen LogP contribution in [0, 0.1) is 11.3 Å². The van der Waals surface area contributed by atoms with E-state index in [-0.39, 0.29) is 17.7 Å². The first-order valence-corrected chi connectivity index (χ1v) is 10.9. The average Bonchev–Trinajstić information content (AvgIpc) is 3.36. The summed E-state index contributed by atoms with van der Waals surface area (Å²) in [7, 11) is 1.32. The van der Waals surface area contributed by atoms with Crippen LogP contribution in [0.15, 0.2) is 87.9 Å². The molecule has 0 saturated heterocycles. The molecule has 7 heteroatoms. The van der Waals surface area contributed by atoms with E-state index in [0.29, 0.717) is 29.1 Å². The van der Waals surface area contributed by atoms with Gasteiger partial charge in [0.15, 0.2) is 0 Å². The normalized spacial score (nSPS) is 14.9. The Morgan fingerprint density at radius 3 is 2.40 bits per heavy atom. The predicted molar refractivity (Wildman–Crippen MR) is 129 cm³/mol. The van der Waals surface area contributed by atoms with Gasteiger partial charge in [0.2, 0.25) is 0 Å². The van der Waals surface area contributed by atoms with Gasteiger partial charge in [0, 0.05) is 17.7 Å².